The minimum atomic E-state index is -0.345. The molecule has 2 atom stereocenters. The third-order valence-electron chi connectivity index (χ3n) is 6.79. The molecule has 7 nitrogen and oxygen atoms in total. The smallest absolute Gasteiger partial charge is 0.282 e. The maximum absolute atomic E-state index is 12.8. The van der Waals surface area contributed by atoms with E-state index in [0.717, 1.165) is 68.2 Å². The molecular weight excluding hydrogens is 402 g/mol. The van der Waals surface area contributed by atoms with Gasteiger partial charge in [-0.3, -0.25) is 4.79 Å². The van der Waals surface area contributed by atoms with Crippen LogP contribution < -0.4 is 16.0 Å². The normalized spacial score (nSPS) is 23.0. The van der Waals surface area contributed by atoms with E-state index in [1.807, 2.05) is 31.2 Å². The fraction of sp³-hybridized carbons (Fsp3) is 0.560. The van der Waals surface area contributed by atoms with Gasteiger partial charge in [0.05, 0.1) is 17.2 Å². The molecule has 2 aromatic rings. The molecule has 1 aliphatic carbocycles. The molecule has 2 aliphatic rings. The number of nitrogens with two attached hydrogens (primary N) is 1. The second kappa shape index (κ2) is 9.96. The number of fused-ring (bicyclic) bond motifs is 1. The zero-order valence-corrected chi connectivity index (χ0v) is 19.2. The van der Waals surface area contributed by atoms with Crippen LogP contribution in [-0.4, -0.2) is 53.6 Å². The van der Waals surface area contributed by atoms with Crippen molar-refractivity contribution in [3.63, 3.8) is 0 Å². The Bertz CT molecular complexity index is 993. The number of rotatable bonds is 5. The average Bonchev–Trinajstić information content (AvgIpc) is 2.77. The molecule has 0 spiro atoms. The predicted molar refractivity (Wildman–Crippen MR) is 129 cm³/mol. The van der Waals surface area contributed by atoms with Crippen molar-refractivity contribution in [1.29, 1.82) is 0 Å². The number of aryl methyl sites for hydroxylation is 1. The van der Waals surface area contributed by atoms with E-state index in [9.17, 15) is 9.90 Å². The van der Waals surface area contributed by atoms with Crippen molar-refractivity contribution < 1.29 is 9.90 Å². The third kappa shape index (κ3) is 5.27. The first-order valence-electron chi connectivity index (χ1n) is 11.8. The van der Waals surface area contributed by atoms with Gasteiger partial charge < -0.3 is 21.1 Å². The van der Waals surface area contributed by atoms with E-state index in [1.54, 1.807) is 6.92 Å². The monoisotopic (exact) mass is 437 g/mol. The Kier molecular flexibility index (Phi) is 7.06. The molecule has 32 heavy (non-hydrogen) atoms. The Morgan fingerprint density at radius 3 is 2.69 bits per heavy atom. The number of aromatic nitrogens is 1. The van der Waals surface area contributed by atoms with Gasteiger partial charge in [0.1, 0.15) is 11.7 Å². The lowest BCUT2D eigenvalue weighted by Crippen LogP contribution is -2.46. The number of hydrogen-bond acceptors (Lipinski definition) is 5. The molecule has 4 N–H and O–H groups in total. The highest BCUT2D eigenvalue weighted by Crippen LogP contribution is 2.28. The summed E-state index contributed by atoms with van der Waals surface area (Å²) in [6.45, 7) is 6.17. The summed E-state index contributed by atoms with van der Waals surface area (Å²) < 4.78 is 0. The van der Waals surface area contributed by atoms with E-state index in [2.05, 4.69) is 15.2 Å². The van der Waals surface area contributed by atoms with Crippen molar-refractivity contribution in [2.75, 3.05) is 24.5 Å². The van der Waals surface area contributed by atoms with Gasteiger partial charge in [0, 0.05) is 31.1 Å². The van der Waals surface area contributed by atoms with Crippen molar-refractivity contribution in [3.05, 3.63) is 35.4 Å². The minimum Gasteiger partial charge on any atom is -0.393 e. The summed E-state index contributed by atoms with van der Waals surface area (Å²) in [7, 11) is 0. The first-order valence-corrected chi connectivity index (χ1v) is 11.8. The predicted octanol–water partition coefficient (Wildman–Crippen LogP) is 3.17. The molecule has 0 radical (unpaired) electrons. The van der Waals surface area contributed by atoms with Crippen LogP contribution in [-0.2, 0) is 0 Å². The number of aliphatic hydroxyl groups is 1. The van der Waals surface area contributed by atoms with E-state index in [0.29, 0.717) is 23.3 Å². The summed E-state index contributed by atoms with van der Waals surface area (Å²) in [6, 6.07) is 8.40. The number of aliphatic hydroxyl groups excluding tert-OH is 1. The number of carbonyl (C=O) groups excluding carboxylic acids is 1. The van der Waals surface area contributed by atoms with Gasteiger partial charge in [-0.25, -0.2) is 4.98 Å². The molecular formula is C25H35N5O2. The van der Waals surface area contributed by atoms with E-state index < -0.39 is 0 Å². The molecule has 1 aliphatic heterocycles. The number of pyridine rings is 1. The first kappa shape index (κ1) is 22.7. The highest BCUT2D eigenvalue weighted by molar-refractivity contribution is 6.07. The highest BCUT2D eigenvalue weighted by Gasteiger charge is 2.27. The van der Waals surface area contributed by atoms with Crippen molar-refractivity contribution in [2.45, 2.75) is 64.5 Å². The third-order valence-corrected chi connectivity index (χ3v) is 6.79. The molecule has 172 valence electrons. The fourth-order valence-corrected chi connectivity index (χ4v) is 4.94. The number of piperidine rings is 1. The number of carbonyl (C=O) groups is 1. The number of amides is 1. The molecule has 1 saturated carbocycles. The summed E-state index contributed by atoms with van der Waals surface area (Å²) in [5.41, 5.74) is 8.19. The zero-order valence-electron chi connectivity index (χ0n) is 19.2. The number of anilines is 1. The van der Waals surface area contributed by atoms with Gasteiger partial charge in [-0.2, -0.15) is 4.99 Å². The second-order valence-electron chi connectivity index (χ2n) is 9.40. The quantitative estimate of drug-likeness (QED) is 0.490. The molecule has 1 amide bonds. The number of amidine groups is 1. The number of aliphatic imine (C=N–C) groups is 1. The Hall–Kier alpha value is -2.51. The zero-order chi connectivity index (χ0) is 22.7. The Balaban J connectivity index is 1.48. The van der Waals surface area contributed by atoms with Gasteiger partial charge in [-0.15, -0.1) is 0 Å². The van der Waals surface area contributed by atoms with Crippen LogP contribution in [0.5, 0.6) is 0 Å². The van der Waals surface area contributed by atoms with Gasteiger partial charge in [0.2, 0.25) is 0 Å². The lowest BCUT2D eigenvalue weighted by atomic mass is 9.86. The molecule has 7 heteroatoms. The fourth-order valence-electron chi connectivity index (χ4n) is 4.94. The largest absolute Gasteiger partial charge is 0.393 e. The summed E-state index contributed by atoms with van der Waals surface area (Å²) in [4.78, 5) is 23.9. The van der Waals surface area contributed by atoms with Crippen molar-refractivity contribution in [3.8, 4) is 0 Å². The molecule has 4 rings (SSSR count). The second-order valence-corrected chi connectivity index (χ2v) is 9.40. The van der Waals surface area contributed by atoms with Crippen LogP contribution in [0.15, 0.2) is 29.3 Å². The van der Waals surface area contributed by atoms with Crippen LogP contribution in [0, 0.1) is 12.8 Å². The Morgan fingerprint density at radius 2 is 1.97 bits per heavy atom. The van der Waals surface area contributed by atoms with Gasteiger partial charge in [-0.1, -0.05) is 24.5 Å². The lowest BCUT2D eigenvalue weighted by Gasteiger charge is -2.35. The van der Waals surface area contributed by atoms with Gasteiger partial charge in [-0.05, 0) is 63.6 Å². The number of nitrogens with zero attached hydrogens (tertiary/aromatic N) is 3. The van der Waals surface area contributed by atoms with Crippen LogP contribution in [0.3, 0.4) is 0 Å². The Labute approximate surface area is 190 Å². The van der Waals surface area contributed by atoms with Crippen LogP contribution in [0.4, 0.5) is 5.82 Å². The summed E-state index contributed by atoms with van der Waals surface area (Å²) in [5.74, 6) is 0.965. The van der Waals surface area contributed by atoms with E-state index in [-0.39, 0.29) is 17.8 Å². The SMILES string of the molecule is CC(N)=NC(=O)c1cc2cc(C)ccc2nc1N1CCC(NCC2CCCCC2O)CC1. The first-order chi connectivity index (χ1) is 15.4. The summed E-state index contributed by atoms with van der Waals surface area (Å²) in [6.07, 6.45) is 6.19. The molecule has 2 heterocycles. The van der Waals surface area contributed by atoms with Crippen LogP contribution in [0.1, 0.15) is 61.4 Å². The number of hydrogen-bond donors (Lipinski definition) is 3. The van der Waals surface area contributed by atoms with E-state index in [4.69, 9.17) is 10.7 Å². The number of benzene rings is 1. The van der Waals surface area contributed by atoms with Crippen molar-refractivity contribution in [1.82, 2.24) is 10.3 Å². The molecule has 1 saturated heterocycles. The molecule has 1 aromatic carbocycles. The topological polar surface area (TPSA) is 104 Å². The number of nitrogens with one attached hydrogen (secondary N) is 1. The van der Waals surface area contributed by atoms with Crippen molar-refractivity contribution >= 4 is 28.5 Å². The van der Waals surface area contributed by atoms with Crippen LogP contribution >= 0.6 is 0 Å². The highest BCUT2D eigenvalue weighted by atomic mass is 16.3. The van der Waals surface area contributed by atoms with Gasteiger partial charge in [0.15, 0.2) is 0 Å². The summed E-state index contributed by atoms with van der Waals surface area (Å²) >= 11 is 0. The molecule has 2 unspecified atom stereocenters. The lowest BCUT2D eigenvalue weighted by molar-refractivity contribution is 0.0676. The van der Waals surface area contributed by atoms with Crippen LogP contribution in [0.2, 0.25) is 0 Å². The maximum atomic E-state index is 12.8. The minimum absolute atomic E-state index is 0.165. The molecule has 1 aromatic heterocycles. The average molecular weight is 438 g/mol. The van der Waals surface area contributed by atoms with E-state index >= 15 is 0 Å². The van der Waals surface area contributed by atoms with Gasteiger partial charge >= 0.3 is 0 Å². The molecule has 0 bridgehead atoms. The standard InChI is InChI=1S/C25H35N5O2/c1-16-7-8-22-19(13-16)14-21(25(32)28-17(2)26)24(29-22)30-11-9-20(10-12-30)27-15-18-5-3-4-6-23(18)31/h7-8,13-14,18,20,23,27,31H,3-6,9-12,15H2,1-2H3,(H2,26,28,32). The Morgan fingerprint density at radius 1 is 1.22 bits per heavy atom. The van der Waals surface area contributed by atoms with Gasteiger partial charge in [0.25, 0.3) is 5.91 Å². The summed E-state index contributed by atoms with van der Waals surface area (Å²) in [5, 5.41) is 14.8. The van der Waals surface area contributed by atoms with E-state index in [1.165, 1.54) is 6.42 Å². The maximum Gasteiger partial charge on any atom is 0.282 e. The van der Waals surface area contributed by atoms with Crippen molar-refractivity contribution in [2.24, 2.45) is 16.6 Å². The molecule has 2 fully saturated rings. The van der Waals surface area contributed by atoms with Crippen LogP contribution in [0.25, 0.3) is 10.9 Å².